The Morgan fingerprint density at radius 3 is 3.07 bits per heavy atom. The fraction of sp³-hybridized carbons (Fsp3) is 0.286. The molecule has 0 fully saturated rings. The van der Waals surface area contributed by atoms with E-state index >= 15 is 0 Å². The molecule has 0 unspecified atom stereocenters. The minimum atomic E-state index is -0.407. The van der Waals surface area contributed by atoms with Crippen molar-refractivity contribution in [1.29, 1.82) is 0 Å². The summed E-state index contributed by atoms with van der Waals surface area (Å²) in [6.07, 6.45) is 1.48. The van der Waals surface area contributed by atoms with Crippen molar-refractivity contribution in [2.45, 2.75) is 5.03 Å². The summed E-state index contributed by atoms with van der Waals surface area (Å²) in [4.78, 5) is 18.5. The highest BCUT2D eigenvalue weighted by Crippen LogP contribution is 2.24. The summed E-state index contributed by atoms with van der Waals surface area (Å²) in [7, 11) is 1.70. The number of nitrogens with two attached hydrogens (primary N) is 1. The Labute approximate surface area is 90.4 Å². The van der Waals surface area contributed by atoms with Crippen molar-refractivity contribution in [1.82, 2.24) is 9.97 Å². The lowest BCUT2D eigenvalue weighted by Gasteiger charge is -2.03. The van der Waals surface area contributed by atoms with E-state index in [4.69, 9.17) is 17.3 Å². The fourth-order valence-corrected chi connectivity index (χ4v) is 1.59. The van der Waals surface area contributed by atoms with E-state index in [1.54, 1.807) is 7.05 Å². The molecule has 5 nitrogen and oxygen atoms in total. The molecule has 0 saturated carbocycles. The smallest absolute Gasteiger partial charge is 0.227 e. The van der Waals surface area contributed by atoms with Gasteiger partial charge in [-0.2, -0.15) is 0 Å². The number of rotatable bonds is 4. The van der Waals surface area contributed by atoms with Crippen LogP contribution in [0.15, 0.2) is 11.2 Å². The predicted molar refractivity (Wildman–Crippen MR) is 56.5 cm³/mol. The van der Waals surface area contributed by atoms with E-state index < -0.39 is 5.91 Å². The van der Waals surface area contributed by atoms with Crippen molar-refractivity contribution in [2.24, 2.45) is 5.73 Å². The molecule has 76 valence electrons. The van der Waals surface area contributed by atoms with Gasteiger partial charge in [0.15, 0.2) is 0 Å². The Morgan fingerprint density at radius 2 is 2.50 bits per heavy atom. The zero-order valence-corrected chi connectivity index (χ0v) is 9.02. The zero-order valence-electron chi connectivity index (χ0n) is 7.45. The van der Waals surface area contributed by atoms with Crippen molar-refractivity contribution in [3.8, 4) is 0 Å². The van der Waals surface area contributed by atoms with Gasteiger partial charge < -0.3 is 11.1 Å². The lowest BCUT2D eigenvalue weighted by Crippen LogP contribution is -2.13. The number of hydrogen-bond acceptors (Lipinski definition) is 5. The van der Waals surface area contributed by atoms with Crippen LogP contribution in [0, 0.1) is 0 Å². The molecule has 1 rings (SSSR count). The van der Waals surface area contributed by atoms with Crippen molar-refractivity contribution >= 4 is 35.2 Å². The number of amides is 1. The van der Waals surface area contributed by atoms with Crippen LogP contribution in [0.3, 0.4) is 0 Å². The van der Waals surface area contributed by atoms with E-state index in [1.807, 2.05) is 0 Å². The minimum Gasteiger partial charge on any atom is -0.369 e. The molecule has 1 aromatic heterocycles. The summed E-state index contributed by atoms with van der Waals surface area (Å²) in [5.74, 6) is 0.205. The summed E-state index contributed by atoms with van der Waals surface area (Å²) in [5, 5.41) is 3.73. The number of carbonyl (C=O) groups excluding carboxylic acids is 1. The molecule has 0 bridgehead atoms. The number of halogens is 1. The molecule has 3 N–H and O–H groups in total. The molecule has 0 aromatic carbocycles. The molecule has 14 heavy (non-hydrogen) atoms. The van der Waals surface area contributed by atoms with E-state index in [1.165, 1.54) is 18.0 Å². The molecule has 0 aliphatic heterocycles. The molecule has 0 radical (unpaired) electrons. The lowest BCUT2D eigenvalue weighted by atomic mass is 10.6. The highest BCUT2D eigenvalue weighted by atomic mass is 35.5. The minimum absolute atomic E-state index is 0.153. The molecule has 0 saturated heterocycles. The first-order valence-corrected chi connectivity index (χ1v) is 5.11. The van der Waals surface area contributed by atoms with E-state index in [-0.39, 0.29) is 5.75 Å². The van der Waals surface area contributed by atoms with Crippen LogP contribution in [0.1, 0.15) is 0 Å². The van der Waals surface area contributed by atoms with Crippen LogP contribution in [0.4, 0.5) is 5.95 Å². The quantitative estimate of drug-likeness (QED) is 0.592. The summed E-state index contributed by atoms with van der Waals surface area (Å²) in [6, 6.07) is 0. The maximum atomic E-state index is 10.5. The van der Waals surface area contributed by atoms with Gasteiger partial charge in [-0.15, -0.1) is 0 Å². The molecular weight excluding hydrogens is 224 g/mol. The Balaban J connectivity index is 2.78. The van der Waals surface area contributed by atoms with Crippen molar-refractivity contribution in [3.05, 3.63) is 11.2 Å². The van der Waals surface area contributed by atoms with Gasteiger partial charge >= 0.3 is 0 Å². The molecule has 0 spiro atoms. The highest BCUT2D eigenvalue weighted by molar-refractivity contribution is 8.00. The number of hydrogen-bond donors (Lipinski definition) is 2. The fourth-order valence-electron chi connectivity index (χ4n) is 0.713. The Kier molecular flexibility index (Phi) is 3.97. The third kappa shape index (κ3) is 3.04. The number of nitrogens with one attached hydrogen (secondary N) is 1. The van der Waals surface area contributed by atoms with Crippen molar-refractivity contribution in [3.63, 3.8) is 0 Å². The van der Waals surface area contributed by atoms with Gasteiger partial charge in [-0.1, -0.05) is 23.4 Å². The number of primary amides is 1. The van der Waals surface area contributed by atoms with Gasteiger partial charge in [-0.25, -0.2) is 9.97 Å². The molecule has 1 aromatic rings. The van der Waals surface area contributed by atoms with E-state index in [9.17, 15) is 4.79 Å². The summed E-state index contributed by atoms with van der Waals surface area (Å²) in [6.45, 7) is 0. The second-order valence-corrected chi connectivity index (χ2v) is 3.72. The first-order valence-electron chi connectivity index (χ1n) is 3.75. The van der Waals surface area contributed by atoms with Crippen LogP contribution in [0.25, 0.3) is 0 Å². The Morgan fingerprint density at radius 1 is 1.79 bits per heavy atom. The Hall–Kier alpha value is -1.01. The summed E-state index contributed by atoms with van der Waals surface area (Å²) in [5.41, 5.74) is 5.00. The molecule has 0 aliphatic carbocycles. The van der Waals surface area contributed by atoms with Crippen LogP contribution in [-0.2, 0) is 4.79 Å². The van der Waals surface area contributed by atoms with Gasteiger partial charge in [0.2, 0.25) is 11.9 Å². The summed E-state index contributed by atoms with van der Waals surface area (Å²) >= 11 is 7.00. The van der Waals surface area contributed by atoms with Crippen molar-refractivity contribution in [2.75, 3.05) is 18.1 Å². The Bertz CT molecular complexity index is 346. The average molecular weight is 233 g/mol. The summed E-state index contributed by atoms with van der Waals surface area (Å²) < 4.78 is 0. The number of anilines is 1. The molecule has 0 aliphatic rings. The zero-order chi connectivity index (χ0) is 10.6. The van der Waals surface area contributed by atoms with E-state index in [0.29, 0.717) is 16.0 Å². The van der Waals surface area contributed by atoms with Crippen LogP contribution in [0.5, 0.6) is 0 Å². The topological polar surface area (TPSA) is 80.9 Å². The largest absolute Gasteiger partial charge is 0.369 e. The van der Waals surface area contributed by atoms with Crippen LogP contribution < -0.4 is 11.1 Å². The second-order valence-electron chi connectivity index (χ2n) is 2.35. The first kappa shape index (κ1) is 11.1. The number of aromatic nitrogens is 2. The van der Waals surface area contributed by atoms with Crippen LogP contribution >= 0.6 is 23.4 Å². The van der Waals surface area contributed by atoms with Crippen LogP contribution in [-0.4, -0.2) is 28.7 Å². The average Bonchev–Trinajstić information content (AvgIpc) is 2.16. The molecule has 1 heterocycles. The third-order valence-corrected chi connectivity index (χ3v) is 2.69. The van der Waals surface area contributed by atoms with Gasteiger partial charge in [0.25, 0.3) is 0 Å². The second kappa shape index (κ2) is 5.02. The van der Waals surface area contributed by atoms with Gasteiger partial charge in [0.05, 0.1) is 17.0 Å². The molecule has 1 amide bonds. The maximum absolute atomic E-state index is 10.5. The number of thioether (sulfide) groups is 1. The molecular formula is C7H9ClN4OS. The van der Waals surface area contributed by atoms with E-state index in [0.717, 1.165) is 0 Å². The predicted octanol–water partition coefficient (Wildman–Crippen LogP) is 0.749. The number of nitrogens with zero attached hydrogens (tertiary/aromatic N) is 2. The standard InChI is InChI=1S/C7H9ClN4OS/c1-10-7-11-2-4(8)6(12-7)14-3-5(9)13/h2H,3H2,1H3,(H2,9,13)(H,10,11,12). The number of carbonyl (C=O) groups is 1. The third-order valence-electron chi connectivity index (χ3n) is 1.29. The molecule has 7 heteroatoms. The van der Waals surface area contributed by atoms with Crippen LogP contribution in [0.2, 0.25) is 5.02 Å². The SMILES string of the molecule is CNc1ncc(Cl)c(SCC(N)=O)n1. The maximum Gasteiger partial charge on any atom is 0.227 e. The first-order chi connectivity index (χ1) is 6.63. The highest BCUT2D eigenvalue weighted by Gasteiger charge is 2.06. The van der Waals surface area contributed by atoms with E-state index in [2.05, 4.69) is 15.3 Å². The lowest BCUT2D eigenvalue weighted by molar-refractivity contribution is -0.115. The van der Waals surface area contributed by atoms with Gasteiger partial charge in [0, 0.05) is 7.05 Å². The van der Waals surface area contributed by atoms with Gasteiger partial charge in [-0.3, -0.25) is 4.79 Å². The normalized spacial score (nSPS) is 9.86. The monoisotopic (exact) mass is 232 g/mol. The van der Waals surface area contributed by atoms with Crippen molar-refractivity contribution < 1.29 is 4.79 Å². The van der Waals surface area contributed by atoms with Gasteiger partial charge in [-0.05, 0) is 0 Å². The molecule has 0 atom stereocenters. The van der Waals surface area contributed by atoms with Gasteiger partial charge in [0.1, 0.15) is 5.03 Å².